The Labute approximate surface area is 113 Å². The summed E-state index contributed by atoms with van der Waals surface area (Å²) in [5.74, 6) is 0.0366. The maximum atomic E-state index is 12.2. The van der Waals surface area contributed by atoms with E-state index in [0.29, 0.717) is 12.1 Å². The van der Waals surface area contributed by atoms with Crippen molar-refractivity contribution in [1.82, 2.24) is 10.6 Å². The van der Waals surface area contributed by atoms with Gasteiger partial charge in [-0.05, 0) is 50.4 Å². The zero-order valence-electron chi connectivity index (χ0n) is 11.2. The van der Waals surface area contributed by atoms with E-state index in [1.54, 1.807) is 12.1 Å². The topological polar surface area (TPSA) is 64.9 Å². The number of piperidine rings is 1. The molecule has 1 saturated heterocycles. The summed E-state index contributed by atoms with van der Waals surface area (Å²) in [6.45, 7) is 3.31. The second-order valence-electron chi connectivity index (χ2n) is 5.21. The molecule has 2 rings (SSSR count). The van der Waals surface area contributed by atoms with E-state index in [9.17, 15) is 4.79 Å². The number of carbonyl (C=O) groups is 1. The Bertz CT molecular complexity index is 498. The van der Waals surface area contributed by atoms with Gasteiger partial charge in [-0.3, -0.25) is 4.79 Å². The molecule has 0 aliphatic carbocycles. The normalized spacial score (nSPS) is 22.5. The number of nitrogens with zero attached hydrogens (tertiary/aromatic N) is 1. The van der Waals surface area contributed by atoms with Gasteiger partial charge >= 0.3 is 0 Å². The lowest BCUT2D eigenvalue weighted by molar-refractivity contribution is -0.128. The first-order chi connectivity index (χ1) is 9.14. The highest BCUT2D eigenvalue weighted by molar-refractivity contribution is 5.85. The number of amides is 1. The van der Waals surface area contributed by atoms with Gasteiger partial charge in [-0.1, -0.05) is 12.1 Å². The fraction of sp³-hybridized carbons (Fsp3) is 0.467. The summed E-state index contributed by atoms with van der Waals surface area (Å²) in [5.41, 5.74) is 1.12. The SMILES string of the molecule is CC1(C(=O)NCc2cccc(C#N)c2)CCCCN1. The molecule has 0 bridgehead atoms. The lowest BCUT2D eigenvalue weighted by atomic mass is 9.90. The molecular formula is C15H19N3O. The second kappa shape index (κ2) is 5.85. The number of rotatable bonds is 3. The summed E-state index contributed by atoms with van der Waals surface area (Å²) in [6, 6.07) is 9.41. The Morgan fingerprint density at radius 1 is 1.53 bits per heavy atom. The molecule has 1 amide bonds. The van der Waals surface area contributed by atoms with Crippen molar-refractivity contribution in [3.8, 4) is 6.07 Å². The Kier molecular flexibility index (Phi) is 4.18. The molecule has 1 aliphatic heterocycles. The Balaban J connectivity index is 1.94. The van der Waals surface area contributed by atoms with E-state index in [1.165, 1.54) is 0 Å². The van der Waals surface area contributed by atoms with Crippen LogP contribution in [0.5, 0.6) is 0 Å². The molecule has 2 N–H and O–H groups in total. The Morgan fingerprint density at radius 2 is 2.37 bits per heavy atom. The van der Waals surface area contributed by atoms with Crippen LogP contribution in [0, 0.1) is 11.3 Å². The Morgan fingerprint density at radius 3 is 3.05 bits per heavy atom. The van der Waals surface area contributed by atoms with Crippen LogP contribution in [0.4, 0.5) is 0 Å². The molecule has 1 aliphatic rings. The monoisotopic (exact) mass is 257 g/mol. The van der Waals surface area contributed by atoms with Crippen LogP contribution in [-0.2, 0) is 11.3 Å². The zero-order chi connectivity index (χ0) is 13.7. The minimum atomic E-state index is -0.453. The van der Waals surface area contributed by atoms with Gasteiger partial charge in [0.1, 0.15) is 0 Å². The van der Waals surface area contributed by atoms with E-state index in [-0.39, 0.29) is 5.91 Å². The first-order valence-corrected chi connectivity index (χ1v) is 6.66. The van der Waals surface area contributed by atoms with E-state index in [1.807, 2.05) is 19.1 Å². The van der Waals surface area contributed by atoms with E-state index >= 15 is 0 Å². The van der Waals surface area contributed by atoms with Crippen molar-refractivity contribution in [2.45, 2.75) is 38.3 Å². The van der Waals surface area contributed by atoms with Gasteiger partial charge in [0.15, 0.2) is 0 Å². The molecule has 0 radical (unpaired) electrons. The second-order valence-corrected chi connectivity index (χ2v) is 5.21. The average molecular weight is 257 g/mol. The molecule has 19 heavy (non-hydrogen) atoms. The van der Waals surface area contributed by atoms with Crippen LogP contribution in [0.25, 0.3) is 0 Å². The molecule has 4 nitrogen and oxygen atoms in total. The maximum absolute atomic E-state index is 12.2. The molecule has 1 unspecified atom stereocenters. The summed E-state index contributed by atoms with van der Waals surface area (Å²) in [4.78, 5) is 12.2. The number of nitrogens with one attached hydrogen (secondary N) is 2. The van der Waals surface area contributed by atoms with Gasteiger partial charge in [-0.25, -0.2) is 0 Å². The van der Waals surface area contributed by atoms with Crippen LogP contribution < -0.4 is 10.6 Å². The highest BCUT2D eigenvalue weighted by Gasteiger charge is 2.33. The van der Waals surface area contributed by atoms with Crippen molar-refractivity contribution in [2.24, 2.45) is 0 Å². The molecule has 1 aromatic carbocycles. The lowest BCUT2D eigenvalue weighted by Crippen LogP contribution is -2.56. The van der Waals surface area contributed by atoms with Crippen molar-refractivity contribution in [1.29, 1.82) is 5.26 Å². The number of nitriles is 1. The van der Waals surface area contributed by atoms with Crippen molar-refractivity contribution < 1.29 is 4.79 Å². The third kappa shape index (κ3) is 3.33. The average Bonchev–Trinajstić information content (AvgIpc) is 2.45. The summed E-state index contributed by atoms with van der Waals surface area (Å²) >= 11 is 0. The minimum absolute atomic E-state index is 0.0366. The summed E-state index contributed by atoms with van der Waals surface area (Å²) in [5, 5.41) is 15.1. The largest absolute Gasteiger partial charge is 0.350 e. The van der Waals surface area contributed by atoms with Crippen molar-refractivity contribution in [2.75, 3.05) is 6.54 Å². The third-order valence-corrected chi connectivity index (χ3v) is 3.63. The number of benzene rings is 1. The fourth-order valence-electron chi connectivity index (χ4n) is 2.38. The standard InChI is InChI=1S/C15H19N3O/c1-15(7-2-3-8-18-15)14(19)17-11-13-6-4-5-12(9-13)10-16/h4-6,9,18H,2-3,7-8,11H2,1H3,(H,17,19). The van der Waals surface area contributed by atoms with Gasteiger partial charge in [-0.2, -0.15) is 5.26 Å². The molecule has 100 valence electrons. The van der Waals surface area contributed by atoms with Crippen molar-refractivity contribution in [3.63, 3.8) is 0 Å². The molecule has 1 heterocycles. The van der Waals surface area contributed by atoms with Gasteiger partial charge in [0.05, 0.1) is 17.2 Å². The summed E-state index contributed by atoms with van der Waals surface area (Å²) in [6.07, 6.45) is 3.09. The molecule has 1 fully saturated rings. The van der Waals surface area contributed by atoms with Gasteiger partial charge in [0, 0.05) is 6.54 Å². The molecular weight excluding hydrogens is 238 g/mol. The number of hydrogen-bond donors (Lipinski definition) is 2. The molecule has 0 saturated carbocycles. The fourth-order valence-corrected chi connectivity index (χ4v) is 2.38. The van der Waals surface area contributed by atoms with Crippen LogP contribution in [0.2, 0.25) is 0 Å². The predicted molar refractivity (Wildman–Crippen MR) is 73.3 cm³/mol. The molecule has 0 spiro atoms. The van der Waals surface area contributed by atoms with Crippen LogP contribution in [0.1, 0.15) is 37.3 Å². The first-order valence-electron chi connectivity index (χ1n) is 6.66. The molecule has 4 heteroatoms. The van der Waals surface area contributed by atoms with E-state index in [0.717, 1.165) is 31.4 Å². The first kappa shape index (κ1) is 13.6. The smallest absolute Gasteiger partial charge is 0.240 e. The molecule has 1 atom stereocenters. The van der Waals surface area contributed by atoms with Crippen LogP contribution in [0.3, 0.4) is 0 Å². The van der Waals surface area contributed by atoms with Crippen LogP contribution >= 0.6 is 0 Å². The third-order valence-electron chi connectivity index (χ3n) is 3.63. The lowest BCUT2D eigenvalue weighted by Gasteiger charge is -2.33. The van der Waals surface area contributed by atoms with E-state index < -0.39 is 5.54 Å². The summed E-state index contributed by atoms with van der Waals surface area (Å²) in [7, 11) is 0. The minimum Gasteiger partial charge on any atom is -0.350 e. The molecule has 0 aromatic heterocycles. The number of carbonyl (C=O) groups excluding carboxylic acids is 1. The Hall–Kier alpha value is -1.86. The highest BCUT2D eigenvalue weighted by Crippen LogP contribution is 2.18. The molecule has 1 aromatic rings. The van der Waals surface area contributed by atoms with Crippen LogP contribution in [-0.4, -0.2) is 18.0 Å². The van der Waals surface area contributed by atoms with E-state index in [4.69, 9.17) is 5.26 Å². The van der Waals surface area contributed by atoms with Crippen molar-refractivity contribution in [3.05, 3.63) is 35.4 Å². The van der Waals surface area contributed by atoms with E-state index in [2.05, 4.69) is 16.7 Å². The maximum Gasteiger partial charge on any atom is 0.240 e. The zero-order valence-corrected chi connectivity index (χ0v) is 11.2. The predicted octanol–water partition coefficient (Wildman–Crippen LogP) is 1.71. The van der Waals surface area contributed by atoms with Gasteiger partial charge in [-0.15, -0.1) is 0 Å². The van der Waals surface area contributed by atoms with Gasteiger partial charge in [0.25, 0.3) is 0 Å². The number of hydrogen-bond acceptors (Lipinski definition) is 3. The highest BCUT2D eigenvalue weighted by atomic mass is 16.2. The van der Waals surface area contributed by atoms with Gasteiger partial charge < -0.3 is 10.6 Å². The summed E-state index contributed by atoms with van der Waals surface area (Å²) < 4.78 is 0. The van der Waals surface area contributed by atoms with Gasteiger partial charge in [0.2, 0.25) is 5.91 Å². The van der Waals surface area contributed by atoms with Crippen LogP contribution in [0.15, 0.2) is 24.3 Å². The quantitative estimate of drug-likeness (QED) is 0.866. The van der Waals surface area contributed by atoms with Crippen molar-refractivity contribution >= 4 is 5.91 Å².